The van der Waals surface area contributed by atoms with Gasteiger partial charge < -0.3 is 10.5 Å². The third kappa shape index (κ3) is 2.04. The number of hydrogen-bond acceptors (Lipinski definition) is 4. The molecule has 0 aliphatic rings. The van der Waals surface area contributed by atoms with Gasteiger partial charge in [-0.1, -0.05) is 0 Å². The molecule has 15 heavy (non-hydrogen) atoms. The largest absolute Gasteiger partial charge is 0.497 e. The van der Waals surface area contributed by atoms with Crippen molar-refractivity contribution in [3.8, 4) is 17.0 Å². The highest BCUT2D eigenvalue weighted by atomic mass is 16.5. The molecule has 1 aromatic carbocycles. The van der Waals surface area contributed by atoms with Crippen molar-refractivity contribution in [1.29, 1.82) is 0 Å². The van der Waals surface area contributed by atoms with E-state index in [0.29, 0.717) is 5.82 Å². The number of ether oxygens (including phenoxy) is 1. The lowest BCUT2D eigenvalue weighted by molar-refractivity contribution is 0.415. The lowest BCUT2D eigenvalue weighted by Crippen LogP contribution is -1.93. The van der Waals surface area contributed by atoms with Gasteiger partial charge in [-0.05, 0) is 24.3 Å². The Balaban J connectivity index is 2.37. The van der Waals surface area contributed by atoms with Gasteiger partial charge in [-0.25, -0.2) is 4.98 Å². The SMILES string of the molecule is COc1ccc(-c2cncc(N)n2)cc1. The first-order chi connectivity index (χ1) is 7.29. The zero-order chi connectivity index (χ0) is 10.7. The van der Waals surface area contributed by atoms with E-state index < -0.39 is 0 Å². The van der Waals surface area contributed by atoms with Gasteiger partial charge in [0.25, 0.3) is 0 Å². The van der Waals surface area contributed by atoms with Crippen LogP contribution in [0.5, 0.6) is 5.75 Å². The molecule has 2 N–H and O–H groups in total. The van der Waals surface area contributed by atoms with E-state index in [2.05, 4.69) is 9.97 Å². The number of rotatable bonds is 2. The maximum atomic E-state index is 5.55. The molecule has 0 amide bonds. The Morgan fingerprint density at radius 3 is 2.47 bits per heavy atom. The molecule has 4 nitrogen and oxygen atoms in total. The molecule has 2 aromatic rings. The first-order valence-electron chi connectivity index (χ1n) is 4.51. The van der Waals surface area contributed by atoms with Crippen LogP contribution in [-0.4, -0.2) is 17.1 Å². The van der Waals surface area contributed by atoms with E-state index in [-0.39, 0.29) is 0 Å². The quantitative estimate of drug-likeness (QED) is 0.803. The van der Waals surface area contributed by atoms with Crippen molar-refractivity contribution >= 4 is 5.82 Å². The Hall–Kier alpha value is -2.10. The molecule has 0 spiro atoms. The summed E-state index contributed by atoms with van der Waals surface area (Å²) in [5, 5.41) is 0. The van der Waals surface area contributed by atoms with Crippen LogP contribution in [0.1, 0.15) is 0 Å². The molecule has 1 aromatic heterocycles. The lowest BCUT2D eigenvalue weighted by Gasteiger charge is -2.02. The van der Waals surface area contributed by atoms with Gasteiger partial charge in [-0.2, -0.15) is 0 Å². The second kappa shape index (κ2) is 3.96. The molecule has 0 saturated heterocycles. The van der Waals surface area contributed by atoms with Crippen LogP contribution < -0.4 is 10.5 Å². The number of hydrogen-bond donors (Lipinski definition) is 1. The Bertz CT molecular complexity index is 454. The molecule has 0 aliphatic carbocycles. The average molecular weight is 201 g/mol. The molecule has 0 fully saturated rings. The van der Waals surface area contributed by atoms with Crippen LogP contribution in [0.4, 0.5) is 5.82 Å². The van der Waals surface area contributed by atoms with Crippen molar-refractivity contribution in [2.45, 2.75) is 0 Å². The van der Waals surface area contributed by atoms with Crippen LogP contribution >= 0.6 is 0 Å². The number of methoxy groups -OCH3 is 1. The molecule has 4 heteroatoms. The van der Waals surface area contributed by atoms with E-state index >= 15 is 0 Å². The van der Waals surface area contributed by atoms with E-state index in [1.165, 1.54) is 6.20 Å². The summed E-state index contributed by atoms with van der Waals surface area (Å²) >= 11 is 0. The summed E-state index contributed by atoms with van der Waals surface area (Å²) in [4.78, 5) is 8.16. The molecule has 76 valence electrons. The van der Waals surface area contributed by atoms with E-state index in [1.54, 1.807) is 13.3 Å². The number of nitrogen functional groups attached to an aromatic ring is 1. The molecule has 1 heterocycles. The molecule has 0 radical (unpaired) electrons. The first-order valence-corrected chi connectivity index (χ1v) is 4.51. The van der Waals surface area contributed by atoms with E-state index in [9.17, 15) is 0 Å². The summed E-state index contributed by atoms with van der Waals surface area (Å²) in [6.07, 6.45) is 3.20. The predicted molar refractivity (Wildman–Crippen MR) is 58.4 cm³/mol. The van der Waals surface area contributed by atoms with Crippen molar-refractivity contribution in [3.63, 3.8) is 0 Å². The number of nitrogens with zero attached hydrogens (tertiary/aromatic N) is 2. The summed E-state index contributed by atoms with van der Waals surface area (Å²) in [6.45, 7) is 0. The third-order valence-electron chi connectivity index (χ3n) is 2.04. The predicted octanol–water partition coefficient (Wildman–Crippen LogP) is 1.73. The standard InChI is InChI=1S/C11H11N3O/c1-15-9-4-2-8(3-5-9)10-6-13-7-11(12)14-10/h2-7H,1H3,(H2,12,14). The summed E-state index contributed by atoms with van der Waals surface area (Å²) in [5.41, 5.74) is 7.28. The van der Waals surface area contributed by atoms with Crippen LogP contribution in [0, 0.1) is 0 Å². The minimum absolute atomic E-state index is 0.420. The van der Waals surface area contributed by atoms with Gasteiger partial charge in [0.2, 0.25) is 0 Å². The van der Waals surface area contributed by atoms with Gasteiger partial charge in [-0.3, -0.25) is 4.98 Å². The van der Waals surface area contributed by atoms with E-state index in [1.807, 2.05) is 24.3 Å². The minimum atomic E-state index is 0.420. The first kappa shape index (κ1) is 9.45. The number of nitrogens with two attached hydrogens (primary N) is 1. The monoisotopic (exact) mass is 201 g/mol. The molecule has 0 atom stereocenters. The highest BCUT2D eigenvalue weighted by molar-refractivity contribution is 5.60. The van der Waals surface area contributed by atoms with Crippen molar-refractivity contribution in [2.24, 2.45) is 0 Å². The maximum absolute atomic E-state index is 5.55. The zero-order valence-electron chi connectivity index (χ0n) is 8.34. The lowest BCUT2D eigenvalue weighted by atomic mass is 10.1. The second-order valence-electron chi connectivity index (χ2n) is 3.06. The topological polar surface area (TPSA) is 61.0 Å². The molecule has 0 unspecified atom stereocenters. The van der Waals surface area contributed by atoms with Crippen LogP contribution in [0.3, 0.4) is 0 Å². The number of benzene rings is 1. The highest BCUT2D eigenvalue weighted by Crippen LogP contribution is 2.20. The van der Waals surface area contributed by atoms with E-state index in [4.69, 9.17) is 10.5 Å². The minimum Gasteiger partial charge on any atom is -0.497 e. The molecular weight excluding hydrogens is 190 g/mol. The summed E-state index contributed by atoms with van der Waals surface area (Å²) < 4.78 is 5.07. The van der Waals surface area contributed by atoms with Crippen molar-refractivity contribution < 1.29 is 4.74 Å². The van der Waals surface area contributed by atoms with Gasteiger partial charge in [0, 0.05) is 5.56 Å². The number of aromatic nitrogens is 2. The maximum Gasteiger partial charge on any atom is 0.142 e. The Morgan fingerprint density at radius 1 is 1.13 bits per heavy atom. The van der Waals surface area contributed by atoms with Gasteiger partial charge in [-0.15, -0.1) is 0 Å². The fraction of sp³-hybridized carbons (Fsp3) is 0.0909. The number of anilines is 1. The molecule has 2 rings (SSSR count). The van der Waals surface area contributed by atoms with Crippen LogP contribution in [0.15, 0.2) is 36.7 Å². The van der Waals surface area contributed by atoms with Gasteiger partial charge in [0.15, 0.2) is 0 Å². The normalized spacial score (nSPS) is 9.93. The molecular formula is C11H11N3O. The highest BCUT2D eigenvalue weighted by Gasteiger charge is 2.00. The third-order valence-corrected chi connectivity index (χ3v) is 2.04. The Morgan fingerprint density at radius 2 is 1.87 bits per heavy atom. The zero-order valence-corrected chi connectivity index (χ0v) is 8.34. The average Bonchev–Trinajstić information content (AvgIpc) is 2.29. The Labute approximate surface area is 87.7 Å². The van der Waals surface area contributed by atoms with Crippen LogP contribution in [-0.2, 0) is 0 Å². The van der Waals surface area contributed by atoms with Gasteiger partial charge >= 0.3 is 0 Å². The summed E-state index contributed by atoms with van der Waals surface area (Å²) in [5.74, 6) is 1.24. The van der Waals surface area contributed by atoms with E-state index in [0.717, 1.165) is 17.0 Å². The van der Waals surface area contributed by atoms with Crippen molar-refractivity contribution in [2.75, 3.05) is 12.8 Å². The smallest absolute Gasteiger partial charge is 0.142 e. The van der Waals surface area contributed by atoms with Crippen LogP contribution in [0.2, 0.25) is 0 Å². The Kier molecular flexibility index (Phi) is 2.49. The van der Waals surface area contributed by atoms with Crippen molar-refractivity contribution in [1.82, 2.24) is 9.97 Å². The fourth-order valence-corrected chi connectivity index (χ4v) is 1.28. The molecule has 0 aliphatic heterocycles. The van der Waals surface area contributed by atoms with Gasteiger partial charge in [0.1, 0.15) is 11.6 Å². The molecule has 0 saturated carbocycles. The fourth-order valence-electron chi connectivity index (χ4n) is 1.28. The molecule has 0 bridgehead atoms. The van der Waals surface area contributed by atoms with Gasteiger partial charge in [0.05, 0.1) is 25.2 Å². The van der Waals surface area contributed by atoms with Crippen LogP contribution in [0.25, 0.3) is 11.3 Å². The summed E-state index contributed by atoms with van der Waals surface area (Å²) in [6, 6.07) is 7.59. The second-order valence-corrected chi connectivity index (χ2v) is 3.06. The van der Waals surface area contributed by atoms with Crippen molar-refractivity contribution in [3.05, 3.63) is 36.7 Å². The summed E-state index contributed by atoms with van der Waals surface area (Å²) in [7, 11) is 1.63.